The lowest BCUT2D eigenvalue weighted by atomic mass is 9.65. The predicted molar refractivity (Wildman–Crippen MR) is 93.5 cm³/mol. The van der Waals surface area contributed by atoms with Crippen molar-refractivity contribution < 1.29 is 5.11 Å². The molecule has 0 aromatic heterocycles. The lowest BCUT2D eigenvalue weighted by molar-refractivity contribution is -0.0764. The third-order valence-electron chi connectivity index (χ3n) is 5.69. The number of hydrogen-bond donors (Lipinski definition) is 1. The number of piperidine rings is 3. The Hall–Kier alpha value is -1.35. The van der Waals surface area contributed by atoms with Crippen LogP contribution in [0, 0.1) is 11.8 Å². The molecule has 2 bridgehead atoms. The average molecular weight is 328 g/mol. The van der Waals surface area contributed by atoms with Crippen LogP contribution in [-0.4, -0.2) is 29.6 Å². The van der Waals surface area contributed by atoms with Crippen LogP contribution in [-0.2, 0) is 5.60 Å². The van der Waals surface area contributed by atoms with E-state index < -0.39 is 5.60 Å². The van der Waals surface area contributed by atoms with Crippen LogP contribution in [0.2, 0.25) is 5.02 Å². The van der Waals surface area contributed by atoms with Crippen LogP contribution in [0.3, 0.4) is 0 Å². The first-order valence-corrected chi connectivity index (χ1v) is 8.82. The summed E-state index contributed by atoms with van der Waals surface area (Å²) in [5.74, 6) is 0.814. The van der Waals surface area contributed by atoms with Gasteiger partial charge < -0.3 is 10.0 Å². The van der Waals surface area contributed by atoms with E-state index in [1.165, 1.54) is 25.9 Å². The molecular formula is C20H22ClNO. The third-order valence-corrected chi connectivity index (χ3v) is 5.94. The second-order valence-electron chi connectivity index (χ2n) is 6.88. The van der Waals surface area contributed by atoms with Crippen molar-refractivity contribution in [1.82, 2.24) is 4.90 Å². The van der Waals surface area contributed by atoms with Crippen molar-refractivity contribution >= 4 is 11.6 Å². The SMILES string of the molecule is O[C@](c1ccccc1)(c1ccc(Cl)cc1)[C@@H]1CN2CCC1CC2. The molecule has 3 saturated heterocycles. The summed E-state index contributed by atoms with van der Waals surface area (Å²) < 4.78 is 0. The molecule has 23 heavy (non-hydrogen) atoms. The summed E-state index contributed by atoms with van der Waals surface area (Å²) in [7, 11) is 0. The third kappa shape index (κ3) is 2.59. The number of halogens is 1. The van der Waals surface area contributed by atoms with E-state index in [1.807, 2.05) is 54.6 Å². The minimum atomic E-state index is -0.949. The van der Waals surface area contributed by atoms with E-state index in [2.05, 4.69) is 4.90 Å². The van der Waals surface area contributed by atoms with E-state index >= 15 is 0 Å². The summed E-state index contributed by atoms with van der Waals surface area (Å²) in [6.07, 6.45) is 2.38. The molecule has 0 radical (unpaired) electrons. The molecule has 0 unspecified atom stereocenters. The molecule has 0 aliphatic carbocycles. The van der Waals surface area contributed by atoms with Crippen molar-refractivity contribution in [3.8, 4) is 0 Å². The summed E-state index contributed by atoms with van der Waals surface area (Å²) in [6.45, 7) is 3.32. The van der Waals surface area contributed by atoms with E-state index in [4.69, 9.17) is 11.6 Å². The van der Waals surface area contributed by atoms with Gasteiger partial charge in [-0.1, -0.05) is 54.1 Å². The maximum atomic E-state index is 11.9. The maximum Gasteiger partial charge on any atom is 0.119 e. The predicted octanol–water partition coefficient (Wildman–Crippen LogP) is 3.92. The first-order chi connectivity index (χ1) is 11.2. The number of nitrogens with zero attached hydrogens (tertiary/aromatic N) is 1. The zero-order chi connectivity index (χ0) is 15.9. The van der Waals surface area contributed by atoms with Gasteiger partial charge in [-0.2, -0.15) is 0 Å². The molecule has 3 fully saturated rings. The lowest BCUT2D eigenvalue weighted by Crippen LogP contribution is -2.55. The molecule has 2 aromatic rings. The Morgan fingerprint density at radius 3 is 2.09 bits per heavy atom. The van der Waals surface area contributed by atoms with E-state index in [0.717, 1.165) is 17.7 Å². The number of benzene rings is 2. The smallest absolute Gasteiger partial charge is 0.119 e. The Labute approximate surface area is 142 Å². The molecule has 120 valence electrons. The Bertz CT molecular complexity index is 664. The van der Waals surface area contributed by atoms with Crippen LogP contribution in [0.4, 0.5) is 0 Å². The normalized spacial score (nSPS) is 29.2. The van der Waals surface area contributed by atoms with Gasteiger partial charge in [-0.15, -0.1) is 0 Å². The van der Waals surface area contributed by atoms with Gasteiger partial charge in [0.25, 0.3) is 0 Å². The van der Waals surface area contributed by atoms with Gasteiger partial charge in [0.2, 0.25) is 0 Å². The number of fused-ring (bicyclic) bond motifs is 3. The van der Waals surface area contributed by atoms with Crippen molar-refractivity contribution in [3.63, 3.8) is 0 Å². The summed E-state index contributed by atoms with van der Waals surface area (Å²) in [5, 5.41) is 12.6. The molecule has 2 nitrogen and oxygen atoms in total. The highest BCUT2D eigenvalue weighted by Crippen LogP contribution is 2.47. The largest absolute Gasteiger partial charge is 0.380 e. The molecule has 0 amide bonds. The number of aliphatic hydroxyl groups is 1. The van der Waals surface area contributed by atoms with Crippen LogP contribution < -0.4 is 0 Å². The van der Waals surface area contributed by atoms with E-state index in [-0.39, 0.29) is 5.92 Å². The van der Waals surface area contributed by atoms with Crippen molar-refractivity contribution in [3.05, 3.63) is 70.7 Å². The molecule has 3 aliphatic rings. The molecule has 3 heteroatoms. The van der Waals surface area contributed by atoms with Gasteiger partial charge in [-0.3, -0.25) is 0 Å². The zero-order valence-corrected chi connectivity index (χ0v) is 13.9. The van der Waals surface area contributed by atoms with Gasteiger partial charge in [-0.05, 0) is 55.1 Å². The Balaban J connectivity index is 1.82. The van der Waals surface area contributed by atoms with E-state index in [0.29, 0.717) is 10.9 Å². The highest BCUT2D eigenvalue weighted by Gasteiger charge is 2.48. The monoisotopic (exact) mass is 327 g/mol. The van der Waals surface area contributed by atoms with Gasteiger partial charge in [0, 0.05) is 17.5 Å². The molecule has 3 aliphatic heterocycles. The lowest BCUT2D eigenvalue weighted by Gasteiger charge is -2.51. The Morgan fingerprint density at radius 1 is 0.913 bits per heavy atom. The zero-order valence-electron chi connectivity index (χ0n) is 13.2. The summed E-state index contributed by atoms with van der Waals surface area (Å²) in [6, 6.07) is 17.8. The first-order valence-electron chi connectivity index (χ1n) is 8.44. The van der Waals surface area contributed by atoms with Crippen LogP contribution in [0.15, 0.2) is 54.6 Å². The maximum absolute atomic E-state index is 11.9. The standard InChI is InChI=1S/C20H22ClNO/c21-18-8-6-17(7-9-18)20(23,16-4-2-1-3-5-16)19-14-22-12-10-15(19)11-13-22/h1-9,15,19,23H,10-14H2/t19-,20-/m1/s1. The molecule has 0 saturated carbocycles. The van der Waals surface area contributed by atoms with Gasteiger partial charge in [0.15, 0.2) is 0 Å². The molecule has 1 N–H and O–H groups in total. The summed E-state index contributed by atoms with van der Waals surface area (Å²) in [5.41, 5.74) is 0.989. The van der Waals surface area contributed by atoms with Crippen molar-refractivity contribution in [2.24, 2.45) is 11.8 Å². The minimum absolute atomic E-state index is 0.230. The van der Waals surface area contributed by atoms with Gasteiger partial charge in [-0.25, -0.2) is 0 Å². The summed E-state index contributed by atoms with van der Waals surface area (Å²) in [4.78, 5) is 2.49. The minimum Gasteiger partial charge on any atom is -0.380 e. The fourth-order valence-corrected chi connectivity index (χ4v) is 4.56. The van der Waals surface area contributed by atoms with Crippen molar-refractivity contribution in [1.29, 1.82) is 0 Å². The second kappa shape index (κ2) is 5.94. The summed E-state index contributed by atoms with van der Waals surface area (Å²) >= 11 is 6.07. The molecular weight excluding hydrogens is 306 g/mol. The van der Waals surface area contributed by atoms with Gasteiger partial charge in [0.1, 0.15) is 5.60 Å². The molecule has 2 aromatic carbocycles. The quantitative estimate of drug-likeness (QED) is 0.923. The van der Waals surface area contributed by atoms with E-state index in [1.54, 1.807) is 0 Å². The second-order valence-corrected chi connectivity index (χ2v) is 7.32. The highest BCUT2D eigenvalue weighted by molar-refractivity contribution is 6.30. The van der Waals surface area contributed by atoms with Crippen LogP contribution >= 0.6 is 11.6 Å². The fourth-order valence-electron chi connectivity index (χ4n) is 4.43. The van der Waals surface area contributed by atoms with Gasteiger partial charge >= 0.3 is 0 Å². The van der Waals surface area contributed by atoms with E-state index in [9.17, 15) is 5.11 Å². The molecule has 3 heterocycles. The van der Waals surface area contributed by atoms with Crippen LogP contribution in [0.1, 0.15) is 24.0 Å². The highest BCUT2D eigenvalue weighted by atomic mass is 35.5. The van der Waals surface area contributed by atoms with Gasteiger partial charge in [0.05, 0.1) is 0 Å². The average Bonchev–Trinajstić information content (AvgIpc) is 2.63. The molecule has 0 spiro atoms. The van der Waals surface area contributed by atoms with Crippen molar-refractivity contribution in [2.75, 3.05) is 19.6 Å². The first kappa shape index (κ1) is 15.2. The number of rotatable bonds is 3. The Morgan fingerprint density at radius 2 is 1.52 bits per heavy atom. The van der Waals surface area contributed by atoms with Crippen LogP contribution in [0.5, 0.6) is 0 Å². The Kier molecular flexibility index (Phi) is 3.92. The van der Waals surface area contributed by atoms with Crippen LogP contribution in [0.25, 0.3) is 0 Å². The number of hydrogen-bond acceptors (Lipinski definition) is 2. The van der Waals surface area contributed by atoms with Crippen molar-refractivity contribution in [2.45, 2.75) is 18.4 Å². The molecule has 2 atom stereocenters. The fraction of sp³-hybridized carbons (Fsp3) is 0.400. The topological polar surface area (TPSA) is 23.5 Å². The molecule has 5 rings (SSSR count).